The van der Waals surface area contributed by atoms with Gasteiger partial charge in [-0.3, -0.25) is 25.0 Å². The molecule has 3 rings (SSSR count). The molecule has 0 aromatic heterocycles. The fraction of sp³-hybridized carbons (Fsp3) is 0.188. The van der Waals surface area contributed by atoms with E-state index in [4.69, 9.17) is 9.47 Å². The molecule has 26 heavy (non-hydrogen) atoms. The third-order valence-electron chi connectivity index (χ3n) is 3.64. The average molecular weight is 359 g/mol. The summed E-state index contributed by atoms with van der Waals surface area (Å²) in [6, 6.07) is 9.84. The Labute approximate surface area is 146 Å². The molecule has 1 aliphatic heterocycles. The number of nitro benzene ring substituents is 2. The first-order valence-corrected chi connectivity index (χ1v) is 7.54. The van der Waals surface area contributed by atoms with Crippen molar-refractivity contribution in [3.8, 4) is 11.5 Å². The van der Waals surface area contributed by atoms with E-state index in [0.717, 1.165) is 18.2 Å². The van der Waals surface area contributed by atoms with Crippen LogP contribution in [0, 0.1) is 20.2 Å². The van der Waals surface area contributed by atoms with E-state index in [1.165, 1.54) is 0 Å². The van der Waals surface area contributed by atoms with Crippen LogP contribution in [0.3, 0.4) is 0 Å². The van der Waals surface area contributed by atoms with Gasteiger partial charge in [-0.25, -0.2) is 0 Å². The second-order valence-corrected chi connectivity index (χ2v) is 5.46. The molecule has 1 amide bonds. The minimum Gasteiger partial charge on any atom is -0.486 e. The number of carbonyl (C=O) groups excluding carboxylic acids is 1. The van der Waals surface area contributed by atoms with Gasteiger partial charge in [-0.15, -0.1) is 0 Å². The maximum atomic E-state index is 12.2. The molecule has 1 N–H and O–H groups in total. The van der Waals surface area contributed by atoms with E-state index in [-0.39, 0.29) is 18.7 Å². The summed E-state index contributed by atoms with van der Waals surface area (Å²) < 4.78 is 11.2. The van der Waals surface area contributed by atoms with Crippen molar-refractivity contribution in [3.63, 3.8) is 0 Å². The molecule has 0 saturated heterocycles. The van der Waals surface area contributed by atoms with E-state index in [0.29, 0.717) is 11.5 Å². The Morgan fingerprint density at radius 2 is 1.69 bits per heavy atom. The molecule has 2 aromatic carbocycles. The number of benzene rings is 2. The number of rotatable bonds is 5. The Balaban J connectivity index is 1.69. The zero-order valence-electron chi connectivity index (χ0n) is 13.3. The topological polar surface area (TPSA) is 134 Å². The Hall–Kier alpha value is -3.69. The van der Waals surface area contributed by atoms with Crippen molar-refractivity contribution in [3.05, 3.63) is 68.3 Å². The Morgan fingerprint density at radius 1 is 1.08 bits per heavy atom. The number of ether oxygens (including phenoxy) is 2. The van der Waals surface area contributed by atoms with Gasteiger partial charge in [0.15, 0.2) is 11.5 Å². The van der Waals surface area contributed by atoms with Crippen molar-refractivity contribution < 1.29 is 24.1 Å². The van der Waals surface area contributed by atoms with Crippen molar-refractivity contribution in [2.75, 3.05) is 13.2 Å². The van der Waals surface area contributed by atoms with Crippen molar-refractivity contribution in [2.45, 2.75) is 6.10 Å². The fourth-order valence-corrected chi connectivity index (χ4v) is 2.41. The van der Waals surface area contributed by atoms with Crippen molar-refractivity contribution >= 4 is 17.3 Å². The molecule has 0 radical (unpaired) electrons. The molecule has 1 heterocycles. The van der Waals surface area contributed by atoms with Gasteiger partial charge in [-0.2, -0.15) is 0 Å². The van der Waals surface area contributed by atoms with Gasteiger partial charge in [0.05, 0.1) is 28.0 Å². The second-order valence-electron chi connectivity index (χ2n) is 5.46. The van der Waals surface area contributed by atoms with Crippen molar-refractivity contribution in [2.24, 2.45) is 0 Å². The number of nitrogens with one attached hydrogen (secondary N) is 1. The average Bonchev–Trinajstić information content (AvgIpc) is 2.65. The van der Waals surface area contributed by atoms with Crippen molar-refractivity contribution in [1.29, 1.82) is 0 Å². The zero-order chi connectivity index (χ0) is 18.7. The SMILES string of the molecule is O=C(NCC1COc2ccccc2O1)c1cc([N+](=O)[O-])cc([N+](=O)[O-])c1. The van der Waals surface area contributed by atoms with Gasteiger partial charge in [0, 0.05) is 12.1 Å². The molecule has 10 nitrogen and oxygen atoms in total. The maximum Gasteiger partial charge on any atom is 0.277 e. The highest BCUT2D eigenvalue weighted by atomic mass is 16.6. The predicted octanol–water partition coefficient (Wildman–Crippen LogP) is 2.07. The standard InChI is InChI=1S/C16H13N3O7/c20-16(10-5-11(18(21)22)7-12(6-10)19(23)24)17-8-13-9-25-14-3-1-2-4-15(14)26-13/h1-7,13H,8-9H2,(H,17,20). The Morgan fingerprint density at radius 3 is 2.31 bits per heavy atom. The molecule has 0 saturated carbocycles. The molecule has 1 atom stereocenters. The van der Waals surface area contributed by atoms with Gasteiger partial charge < -0.3 is 14.8 Å². The minimum absolute atomic E-state index is 0.0731. The van der Waals surface area contributed by atoms with Gasteiger partial charge in [-0.05, 0) is 12.1 Å². The number of hydrogen-bond donors (Lipinski definition) is 1. The summed E-state index contributed by atoms with van der Waals surface area (Å²) in [7, 11) is 0. The van der Waals surface area contributed by atoms with Crippen LogP contribution < -0.4 is 14.8 Å². The maximum absolute atomic E-state index is 12.2. The largest absolute Gasteiger partial charge is 0.486 e. The molecule has 0 bridgehead atoms. The van der Waals surface area contributed by atoms with Crippen LogP contribution in [0.5, 0.6) is 11.5 Å². The molecule has 2 aromatic rings. The van der Waals surface area contributed by atoms with Crippen LogP contribution in [-0.2, 0) is 0 Å². The van der Waals surface area contributed by atoms with E-state index in [9.17, 15) is 25.0 Å². The number of nitrogens with zero attached hydrogens (tertiary/aromatic N) is 2. The smallest absolute Gasteiger partial charge is 0.277 e. The molecular weight excluding hydrogens is 346 g/mol. The lowest BCUT2D eigenvalue weighted by Crippen LogP contribution is -2.40. The minimum atomic E-state index is -0.793. The van der Waals surface area contributed by atoms with E-state index in [2.05, 4.69) is 5.32 Å². The van der Waals surface area contributed by atoms with Gasteiger partial charge >= 0.3 is 0 Å². The molecule has 0 spiro atoms. The summed E-state index contributed by atoms with van der Waals surface area (Å²) in [6.07, 6.45) is -0.456. The summed E-state index contributed by atoms with van der Waals surface area (Å²) in [5.41, 5.74) is -1.24. The Kier molecular flexibility index (Phi) is 4.65. The summed E-state index contributed by atoms with van der Waals surface area (Å²) in [5, 5.41) is 24.3. The molecular formula is C16H13N3O7. The van der Waals surface area contributed by atoms with E-state index in [1.54, 1.807) is 24.3 Å². The lowest BCUT2D eigenvalue weighted by molar-refractivity contribution is -0.394. The number of carbonyl (C=O) groups is 1. The second kappa shape index (κ2) is 7.05. The quantitative estimate of drug-likeness (QED) is 0.638. The van der Waals surface area contributed by atoms with E-state index in [1.807, 2.05) is 0 Å². The zero-order valence-corrected chi connectivity index (χ0v) is 13.3. The van der Waals surface area contributed by atoms with E-state index < -0.39 is 33.2 Å². The number of non-ortho nitro benzene ring substituents is 2. The van der Waals surface area contributed by atoms with Crippen molar-refractivity contribution in [1.82, 2.24) is 5.32 Å². The van der Waals surface area contributed by atoms with Crippen LogP contribution >= 0.6 is 0 Å². The number of hydrogen-bond acceptors (Lipinski definition) is 7. The van der Waals surface area contributed by atoms with Crippen LogP contribution in [-0.4, -0.2) is 35.0 Å². The summed E-state index contributed by atoms with van der Waals surface area (Å²) in [5.74, 6) is 0.465. The fourth-order valence-electron chi connectivity index (χ4n) is 2.41. The number of nitro groups is 2. The van der Waals surface area contributed by atoms with Gasteiger partial charge in [-0.1, -0.05) is 12.1 Å². The first-order valence-electron chi connectivity index (χ1n) is 7.54. The summed E-state index contributed by atoms with van der Waals surface area (Å²) >= 11 is 0. The molecule has 0 fully saturated rings. The lowest BCUT2D eigenvalue weighted by Gasteiger charge is -2.26. The highest BCUT2D eigenvalue weighted by Crippen LogP contribution is 2.30. The molecule has 1 unspecified atom stereocenters. The lowest BCUT2D eigenvalue weighted by atomic mass is 10.1. The molecule has 1 aliphatic rings. The predicted molar refractivity (Wildman–Crippen MR) is 88.4 cm³/mol. The number of amides is 1. The normalized spacial score (nSPS) is 15.2. The van der Waals surface area contributed by atoms with Crippen LogP contribution in [0.1, 0.15) is 10.4 Å². The summed E-state index contributed by atoms with van der Waals surface area (Å²) in [6.45, 7) is 0.288. The molecule has 0 aliphatic carbocycles. The van der Waals surface area contributed by atoms with E-state index >= 15 is 0 Å². The van der Waals surface area contributed by atoms with Gasteiger partial charge in [0.1, 0.15) is 12.7 Å². The third-order valence-corrected chi connectivity index (χ3v) is 3.64. The molecule has 10 heteroatoms. The summed E-state index contributed by atoms with van der Waals surface area (Å²) in [4.78, 5) is 32.4. The van der Waals surface area contributed by atoms with Crippen LogP contribution in [0.15, 0.2) is 42.5 Å². The number of para-hydroxylation sites is 2. The van der Waals surface area contributed by atoms with Gasteiger partial charge in [0.25, 0.3) is 17.3 Å². The van der Waals surface area contributed by atoms with Crippen LogP contribution in [0.2, 0.25) is 0 Å². The third kappa shape index (κ3) is 3.69. The van der Waals surface area contributed by atoms with Crippen LogP contribution in [0.4, 0.5) is 11.4 Å². The highest BCUT2D eigenvalue weighted by Gasteiger charge is 2.23. The highest BCUT2D eigenvalue weighted by molar-refractivity contribution is 5.95. The Bertz CT molecular complexity index is 852. The monoisotopic (exact) mass is 359 g/mol. The first kappa shape index (κ1) is 17.1. The van der Waals surface area contributed by atoms with Gasteiger partial charge in [0.2, 0.25) is 0 Å². The molecule has 134 valence electrons. The first-order chi connectivity index (χ1) is 12.4. The van der Waals surface area contributed by atoms with Crippen LogP contribution in [0.25, 0.3) is 0 Å². The number of fused-ring (bicyclic) bond motifs is 1.